The first kappa shape index (κ1) is 18.8. The van der Waals surface area contributed by atoms with Gasteiger partial charge in [-0.1, -0.05) is 30.3 Å². The molecule has 1 aliphatic rings. The Balaban J connectivity index is 0.00000208. The molecule has 0 unspecified atom stereocenters. The second-order valence-electron chi connectivity index (χ2n) is 6.28. The van der Waals surface area contributed by atoms with E-state index in [-0.39, 0.29) is 18.2 Å². The zero-order valence-corrected chi connectivity index (χ0v) is 14.7. The van der Waals surface area contributed by atoms with E-state index < -0.39 is 0 Å². The maximum atomic E-state index is 13.2. The molecule has 0 amide bonds. The van der Waals surface area contributed by atoms with Crippen molar-refractivity contribution in [1.29, 1.82) is 0 Å². The van der Waals surface area contributed by atoms with Crippen molar-refractivity contribution in [2.24, 2.45) is 5.92 Å². The summed E-state index contributed by atoms with van der Waals surface area (Å²) in [6.07, 6.45) is 3.36. The maximum absolute atomic E-state index is 13.2. The van der Waals surface area contributed by atoms with Crippen LogP contribution in [0.15, 0.2) is 54.6 Å². The second kappa shape index (κ2) is 9.65. The molecule has 4 heteroatoms. The molecule has 130 valence electrons. The fourth-order valence-electron chi connectivity index (χ4n) is 3.22. The number of halogens is 2. The Labute approximate surface area is 150 Å². The van der Waals surface area contributed by atoms with Gasteiger partial charge in [-0.15, -0.1) is 12.4 Å². The molecule has 0 aromatic heterocycles. The third-order valence-electron chi connectivity index (χ3n) is 4.54. The summed E-state index contributed by atoms with van der Waals surface area (Å²) >= 11 is 0. The molecule has 1 aliphatic heterocycles. The number of para-hydroxylation sites is 1. The van der Waals surface area contributed by atoms with Gasteiger partial charge < -0.3 is 4.74 Å². The van der Waals surface area contributed by atoms with E-state index in [2.05, 4.69) is 4.90 Å². The molecule has 0 spiro atoms. The lowest BCUT2D eigenvalue weighted by molar-refractivity contribution is 0.155. The minimum atomic E-state index is -0.127. The number of likely N-dealkylation sites (tertiary alicyclic amines) is 1. The largest absolute Gasteiger partial charge is 0.492 e. The number of ether oxygens (including phenoxy) is 1. The summed E-state index contributed by atoms with van der Waals surface area (Å²) in [5.74, 6) is 1.48. The molecule has 24 heavy (non-hydrogen) atoms. The van der Waals surface area contributed by atoms with Gasteiger partial charge in [0.25, 0.3) is 0 Å². The number of piperidine rings is 1. The van der Waals surface area contributed by atoms with Crippen molar-refractivity contribution in [1.82, 2.24) is 4.90 Å². The van der Waals surface area contributed by atoms with Crippen molar-refractivity contribution >= 4 is 12.4 Å². The summed E-state index contributed by atoms with van der Waals surface area (Å²) in [6, 6.07) is 17.0. The van der Waals surface area contributed by atoms with Crippen molar-refractivity contribution in [2.75, 3.05) is 26.2 Å². The predicted octanol–water partition coefficient (Wildman–Crippen LogP) is 4.58. The highest BCUT2D eigenvalue weighted by atomic mass is 35.5. The minimum absolute atomic E-state index is 0. The van der Waals surface area contributed by atoms with Crippen LogP contribution in [0.1, 0.15) is 18.4 Å². The highest BCUT2D eigenvalue weighted by molar-refractivity contribution is 5.85. The SMILES string of the molecule is Cl.Fc1cccc(CC2CCN(CCOc3ccccc3)CC2)c1. The van der Waals surface area contributed by atoms with E-state index in [9.17, 15) is 4.39 Å². The van der Waals surface area contributed by atoms with Gasteiger partial charge in [0.05, 0.1) is 0 Å². The molecule has 3 rings (SSSR count). The Hall–Kier alpha value is -1.58. The first-order chi connectivity index (χ1) is 11.3. The Morgan fingerprint density at radius 1 is 1.00 bits per heavy atom. The standard InChI is InChI=1S/C20H24FNO.ClH/c21-19-6-4-5-18(16-19)15-17-9-11-22(12-10-17)13-14-23-20-7-2-1-3-8-20;/h1-8,16-17H,9-15H2;1H. The van der Waals surface area contributed by atoms with E-state index >= 15 is 0 Å². The van der Waals surface area contributed by atoms with Gasteiger partial charge >= 0.3 is 0 Å². The van der Waals surface area contributed by atoms with Crippen LogP contribution in [0.25, 0.3) is 0 Å². The zero-order chi connectivity index (χ0) is 15.9. The summed E-state index contributed by atoms with van der Waals surface area (Å²) in [4.78, 5) is 2.46. The molecule has 0 saturated carbocycles. The minimum Gasteiger partial charge on any atom is -0.492 e. The Morgan fingerprint density at radius 3 is 2.46 bits per heavy atom. The van der Waals surface area contributed by atoms with Crippen LogP contribution in [0, 0.1) is 11.7 Å². The number of hydrogen-bond donors (Lipinski definition) is 0. The van der Waals surface area contributed by atoms with Gasteiger partial charge in [0, 0.05) is 6.54 Å². The average Bonchev–Trinajstić information content (AvgIpc) is 2.58. The van der Waals surface area contributed by atoms with Crippen molar-refractivity contribution in [2.45, 2.75) is 19.3 Å². The van der Waals surface area contributed by atoms with Crippen LogP contribution in [0.3, 0.4) is 0 Å². The van der Waals surface area contributed by atoms with Gasteiger partial charge in [0.1, 0.15) is 18.2 Å². The fraction of sp³-hybridized carbons (Fsp3) is 0.400. The summed E-state index contributed by atoms with van der Waals surface area (Å²) < 4.78 is 19.0. The molecule has 2 aromatic rings. The predicted molar refractivity (Wildman–Crippen MR) is 98.5 cm³/mol. The van der Waals surface area contributed by atoms with Crippen LogP contribution in [0.2, 0.25) is 0 Å². The maximum Gasteiger partial charge on any atom is 0.123 e. The summed E-state index contributed by atoms with van der Waals surface area (Å²) in [5, 5.41) is 0. The first-order valence-corrected chi connectivity index (χ1v) is 8.44. The Morgan fingerprint density at radius 2 is 1.75 bits per heavy atom. The van der Waals surface area contributed by atoms with Crippen molar-refractivity contribution in [3.8, 4) is 5.75 Å². The number of rotatable bonds is 6. The van der Waals surface area contributed by atoms with E-state index in [0.29, 0.717) is 5.92 Å². The van der Waals surface area contributed by atoms with Crippen molar-refractivity contribution in [3.63, 3.8) is 0 Å². The zero-order valence-electron chi connectivity index (χ0n) is 13.9. The molecular weight excluding hydrogens is 325 g/mol. The van der Waals surface area contributed by atoms with Gasteiger partial charge in [-0.3, -0.25) is 4.90 Å². The van der Waals surface area contributed by atoms with E-state index in [1.807, 2.05) is 36.4 Å². The van der Waals surface area contributed by atoms with E-state index in [1.165, 1.54) is 18.9 Å². The Kier molecular flexibility index (Phi) is 7.54. The lowest BCUT2D eigenvalue weighted by atomic mass is 9.90. The molecule has 0 N–H and O–H groups in total. The first-order valence-electron chi connectivity index (χ1n) is 8.44. The topological polar surface area (TPSA) is 12.5 Å². The van der Waals surface area contributed by atoms with Crippen LogP contribution < -0.4 is 4.74 Å². The number of nitrogens with zero attached hydrogens (tertiary/aromatic N) is 1. The molecule has 0 aliphatic carbocycles. The molecule has 0 bridgehead atoms. The normalized spacial score (nSPS) is 15.7. The van der Waals surface area contributed by atoms with Crippen LogP contribution in [0.4, 0.5) is 4.39 Å². The van der Waals surface area contributed by atoms with Crippen LogP contribution >= 0.6 is 12.4 Å². The lowest BCUT2D eigenvalue weighted by Crippen LogP contribution is -2.37. The molecule has 1 heterocycles. The Bertz CT molecular complexity index is 600. The smallest absolute Gasteiger partial charge is 0.123 e. The van der Waals surface area contributed by atoms with Gasteiger partial charge in [-0.25, -0.2) is 4.39 Å². The lowest BCUT2D eigenvalue weighted by Gasteiger charge is -2.31. The third kappa shape index (κ3) is 5.81. The third-order valence-corrected chi connectivity index (χ3v) is 4.54. The number of hydrogen-bond acceptors (Lipinski definition) is 2. The quantitative estimate of drug-likeness (QED) is 0.756. The molecule has 1 fully saturated rings. The van der Waals surface area contributed by atoms with Gasteiger partial charge in [0.15, 0.2) is 0 Å². The highest BCUT2D eigenvalue weighted by Gasteiger charge is 2.19. The molecule has 2 aromatic carbocycles. The molecule has 1 saturated heterocycles. The molecule has 0 radical (unpaired) electrons. The molecular formula is C20H25ClFNO. The van der Waals surface area contributed by atoms with E-state index in [0.717, 1.165) is 44.0 Å². The summed E-state index contributed by atoms with van der Waals surface area (Å²) in [5.41, 5.74) is 1.12. The van der Waals surface area contributed by atoms with E-state index in [1.54, 1.807) is 12.1 Å². The monoisotopic (exact) mass is 349 g/mol. The average molecular weight is 350 g/mol. The second-order valence-corrected chi connectivity index (χ2v) is 6.28. The summed E-state index contributed by atoms with van der Waals surface area (Å²) in [6.45, 7) is 3.93. The highest BCUT2D eigenvalue weighted by Crippen LogP contribution is 2.22. The van der Waals surface area contributed by atoms with Crippen molar-refractivity contribution < 1.29 is 9.13 Å². The molecule has 0 atom stereocenters. The van der Waals surface area contributed by atoms with Crippen molar-refractivity contribution in [3.05, 3.63) is 66.0 Å². The molecule has 2 nitrogen and oxygen atoms in total. The van der Waals surface area contributed by atoms with Crippen LogP contribution in [-0.2, 0) is 6.42 Å². The van der Waals surface area contributed by atoms with Gasteiger partial charge in [-0.05, 0) is 68.1 Å². The van der Waals surface area contributed by atoms with Gasteiger partial charge in [0.2, 0.25) is 0 Å². The number of benzene rings is 2. The summed E-state index contributed by atoms with van der Waals surface area (Å²) in [7, 11) is 0. The van der Waals surface area contributed by atoms with Crippen LogP contribution in [0.5, 0.6) is 5.75 Å². The van der Waals surface area contributed by atoms with E-state index in [4.69, 9.17) is 4.74 Å². The van der Waals surface area contributed by atoms with Gasteiger partial charge in [-0.2, -0.15) is 0 Å². The fourth-order valence-corrected chi connectivity index (χ4v) is 3.22. The van der Waals surface area contributed by atoms with Crippen LogP contribution in [-0.4, -0.2) is 31.1 Å².